The average Bonchev–Trinajstić information content (AvgIpc) is 2.98. The molecule has 9 heteroatoms. The Hall–Kier alpha value is -2.94. The van der Waals surface area contributed by atoms with Crippen LogP contribution in [0.1, 0.15) is 12.5 Å². The average molecular weight is 400 g/mol. The minimum atomic E-state index is -3.60. The quantitative estimate of drug-likeness (QED) is 0.800. The number of nitrogens with zero attached hydrogens (tertiary/aromatic N) is 3. The number of aromatic nitrogens is 1. The topological polar surface area (TPSA) is 96.2 Å². The number of H-pyrrole nitrogens is 1. The lowest BCUT2D eigenvalue weighted by molar-refractivity contribution is -0.364. The van der Waals surface area contributed by atoms with Crippen molar-refractivity contribution in [1.82, 2.24) is 9.62 Å². The summed E-state index contributed by atoms with van der Waals surface area (Å²) >= 11 is 0. The monoisotopic (exact) mass is 400 g/mol. The van der Waals surface area contributed by atoms with E-state index in [-0.39, 0.29) is 16.6 Å². The number of aliphatic imine (C=N–C) groups is 1. The summed E-state index contributed by atoms with van der Waals surface area (Å²) in [4.78, 5) is 24.6. The Bertz CT molecular complexity index is 1010. The zero-order chi connectivity index (χ0) is 19.7. The number of carbonyl (C=O) groups excluding carboxylic acids is 1. The third-order valence-electron chi connectivity index (χ3n) is 4.97. The lowest BCUT2D eigenvalue weighted by atomic mass is 10.2. The van der Waals surface area contributed by atoms with Crippen LogP contribution < -0.4 is 14.6 Å². The minimum absolute atomic E-state index is 0.104. The van der Waals surface area contributed by atoms with E-state index in [1.165, 1.54) is 6.07 Å². The third-order valence-corrected chi connectivity index (χ3v) is 6.36. The second-order valence-corrected chi connectivity index (χ2v) is 8.47. The molecular formula is C19H22N5O3S+. The molecule has 1 fully saturated rings. The molecule has 1 saturated heterocycles. The molecule has 28 heavy (non-hydrogen) atoms. The Balaban J connectivity index is 1.44. The Labute approximate surface area is 164 Å². The molecule has 1 aromatic carbocycles. The molecule has 2 aromatic rings. The largest absolute Gasteiger partial charge is 0.333 e. The minimum Gasteiger partial charge on any atom is -0.333 e. The summed E-state index contributed by atoms with van der Waals surface area (Å²) in [5.74, 6) is 1.15. The first-order valence-corrected chi connectivity index (χ1v) is 10.6. The number of amidine groups is 1. The number of amides is 1. The van der Waals surface area contributed by atoms with Gasteiger partial charge in [-0.25, -0.2) is 13.4 Å². The van der Waals surface area contributed by atoms with Crippen molar-refractivity contribution in [3.8, 4) is 0 Å². The number of hydrogen-bond acceptors (Lipinski definition) is 5. The first-order valence-electron chi connectivity index (χ1n) is 9.16. The molecule has 4 rings (SSSR count). The highest BCUT2D eigenvalue weighted by molar-refractivity contribution is 7.90. The van der Waals surface area contributed by atoms with Gasteiger partial charge >= 0.3 is 0 Å². The fourth-order valence-electron chi connectivity index (χ4n) is 3.49. The van der Waals surface area contributed by atoms with Gasteiger partial charge in [-0.1, -0.05) is 18.2 Å². The molecule has 1 atom stereocenters. The summed E-state index contributed by atoms with van der Waals surface area (Å²) in [6.45, 7) is 4.34. The fraction of sp³-hybridized carbons (Fsp3) is 0.316. The van der Waals surface area contributed by atoms with Crippen LogP contribution >= 0.6 is 0 Å². The number of pyridine rings is 1. The highest BCUT2D eigenvalue weighted by atomic mass is 32.2. The van der Waals surface area contributed by atoms with Crippen molar-refractivity contribution in [3.05, 3.63) is 54.2 Å². The molecule has 0 saturated carbocycles. The zero-order valence-electron chi connectivity index (χ0n) is 15.5. The van der Waals surface area contributed by atoms with Gasteiger partial charge in [-0.3, -0.25) is 19.4 Å². The van der Waals surface area contributed by atoms with Crippen molar-refractivity contribution >= 4 is 27.6 Å². The Morgan fingerprint density at radius 2 is 1.82 bits per heavy atom. The highest BCUT2D eigenvalue weighted by Gasteiger charge is 2.33. The Morgan fingerprint density at radius 3 is 2.54 bits per heavy atom. The number of aromatic amines is 1. The lowest BCUT2D eigenvalue weighted by Crippen LogP contribution is -2.52. The molecule has 3 heterocycles. The molecule has 2 aliphatic heterocycles. The van der Waals surface area contributed by atoms with Crippen LogP contribution in [0, 0.1) is 0 Å². The van der Waals surface area contributed by atoms with Crippen molar-refractivity contribution in [1.29, 1.82) is 0 Å². The van der Waals surface area contributed by atoms with Gasteiger partial charge in [0.2, 0.25) is 5.91 Å². The summed E-state index contributed by atoms with van der Waals surface area (Å²) in [7, 11) is -3.60. The van der Waals surface area contributed by atoms with Crippen LogP contribution in [0.3, 0.4) is 0 Å². The lowest BCUT2D eigenvalue weighted by Gasteiger charge is -2.31. The van der Waals surface area contributed by atoms with E-state index < -0.39 is 16.1 Å². The van der Waals surface area contributed by atoms with Crippen LogP contribution in [-0.2, 0) is 14.8 Å². The van der Waals surface area contributed by atoms with Gasteiger partial charge in [0.15, 0.2) is 0 Å². The number of nitrogens with one attached hydrogen (secondary N) is 2. The molecule has 2 N–H and O–H groups in total. The SMILES string of the molecule is C[C@H](N=C1NS(=O)(=O)c2ccccc21)C(=O)N1CCN(c2cccc[nH+]2)CC1. The summed E-state index contributed by atoms with van der Waals surface area (Å²) in [6, 6.07) is 11.9. The van der Waals surface area contributed by atoms with Crippen LogP contribution in [0.5, 0.6) is 0 Å². The molecule has 0 spiro atoms. The van der Waals surface area contributed by atoms with Crippen molar-refractivity contribution in [3.63, 3.8) is 0 Å². The van der Waals surface area contributed by atoms with E-state index in [2.05, 4.69) is 19.6 Å². The van der Waals surface area contributed by atoms with Gasteiger partial charge in [-0.05, 0) is 25.1 Å². The molecular weight excluding hydrogens is 378 g/mol. The molecule has 146 valence electrons. The van der Waals surface area contributed by atoms with Gasteiger partial charge in [-0.2, -0.15) is 0 Å². The normalized spacial score (nSPS) is 20.5. The van der Waals surface area contributed by atoms with E-state index in [1.807, 2.05) is 24.4 Å². The van der Waals surface area contributed by atoms with E-state index in [4.69, 9.17) is 0 Å². The highest BCUT2D eigenvalue weighted by Crippen LogP contribution is 2.23. The standard InChI is InChI=1S/C19H21N5O3S/c1-14(21-18-15-6-2-3-7-16(15)28(26,27)22-18)19(25)24-12-10-23(11-13-24)17-8-4-5-9-20-17/h2-9,14H,10-13H2,1H3,(H,21,22)/p+1/t14-/m0/s1. The van der Waals surface area contributed by atoms with E-state index in [9.17, 15) is 13.2 Å². The first-order chi connectivity index (χ1) is 13.5. The molecule has 0 unspecified atom stereocenters. The fourth-order valence-corrected chi connectivity index (χ4v) is 4.73. The molecule has 1 amide bonds. The second kappa shape index (κ2) is 7.23. The van der Waals surface area contributed by atoms with E-state index in [0.29, 0.717) is 18.7 Å². The number of rotatable bonds is 3. The molecule has 1 aromatic heterocycles. The third kappa shape index (κ3) is 3.45. The van der Waals surface area contributed by atoms with E-state index in [0.717, 1.165) is 18.9 Å². The van der Waals surface area contributed by atoms with Gasteiger partial charge < -0.3 is 4.90 Å². The molecule has 0 bridgehead atoms. The molecule has 0 radical (unpaired) electrons. The summed E-state index contributed by atoms with van der Waals surface area (Å²) in [6.07, 6.45) is 1.88. The number of fused-ring (bicyclic) bond motifs is 1. The molecule has 8 nitrogen and oxygen atoms in total. The van der Waals surface area contributed by atoms with Gasteiger partial charge in [0, 0.05) is 11.6 Å². The van der Waals surface area contributed by atoms with Crippen LogP contribution in [0.4, 0.5) is 5.82 Å². The Morgan fingerprint density at radius 1 is 1.11 bits per heavy atom. The van der Waals surface area contributed by atoms with Gasteiger partial charge in [0.05, 0.1) is 24.2 Å². The zero-order valence-corrected chi connectivity index (χ0v) is 16.3. The maximum absolute atomic E-state index is 12.8. The van der Waals surface area contributed by atoms with Crippen LogP contribution in [0.25, 0.3) is 0 Å². The predicted octanol–water partition coefficient (Wildman–Crippen LogP) is 0.277. The van der Waals surface area contributed by atoms with Gasteiger partial charge in [0.1, 0.15) is 25.0 Å². The van der Waals surface area contributed by atoms with E-state index >= 15 is 0 Å². The van der Waals surface area contributed by atoms with Crippen molar-refractivity contribution in [2.24, 2.45) is 4.99 Å². The maximum Gasteiger partial charge on any atom is 0.274 e. The van der Waals surface area contributed by atoms with Crippen LogP contribution in [-0.4, -0.2) is 57.3 Å². The van der Waals surface area contributed by atoms with Crippen LogP contribution in [0.15, 0.2) is 58.5 Å². The van der Waals surface area contributed by atoms with Gasteiger partial charge in [0.25, 0.3) is 15.8 Å². The maximum atomic E-state index is 12.8. The number of piperazine rings is 1. The first kappa shape index (κ1) is 18.4. The summed E-state index contributed by atoms with van der Waals surface area (Å²) in [5, 5.41) is 0. The smallest absolute Gasteiger partial charge is 0.274 e. The molecule has 2 aliphatic rings. The predicted molar refractivity (Wildman–Crippen MR) is 105 cm³/mol. The number of anilines is 1. The number of hydrogen-bond donors (Lipinski definition) is 1. The molecule has 0 aliphatic carbocycles. The number of sulfonamides is 1. The summed E-state index contributed by atoms with van der Waals surface area (Å²) in [5.41, 5.74) is 0.506. The Kier molecular flexibility index (Phi) is 4.76. The van der Waals surface area contributed by atoms with Crippen molar-refractivity contribution in [2.75, 3.05) is 31.1 Å². The second-order valence-electron chi connectivity index (χ2n) is 6.82. The van der Waals surface area contributed by atoms with E-state index in [1.54, 1.807) is 30.0 Å². The number of benzene rings is 1. The van der Waals surface area contributed by atoms with Crippen molar-refractivity contribution < 1.29 is 18.2 Å². The van der Waals surface area contributed by atoms with Gasteiger partial charge in [-0.15, -0.1) is 0 Å². The summed E-state index contributed by atoms with van der Waals surface area (Å²) < 4.78 is 26.8. The van der Waals surface area contributed by atoms with Crippen molar-refractivity contribution in [2.45, 2.75) is 17.9 Å². The number of carbonyl (C=O) groups is 1. The van der Waals surface area contributed by atoms with Crippen LogP contribution in [0.2, 0.25) is 0 Å².